The van der Waals surface area contributed by atoms with Crippen LogP contribution in [0.1, 0.15) is 11.1 Å². The van der Waals surface area contributed by atoms with Gasteiger partial charge in [-0.3, -0.25) is 0 Å². The van der Waals surface area contributed by atoms with Gasteiger partial charge in [0.05, 0.1) is 14.2 Å². The molecule has 0 aromatic heterocycles. The van der Waals surface area contributed by atoms with Gasteiger partial charge in [0.2, 0.25) is 0 Å². The van der Waals surface area contributed by atoms with Gasteiger partial charge in [-0.05, 0) is 30.8 Å². The summed E-state index contributed by atoms with van der Waals surface area (Å²) in [5, 5.41) is 3.14. The Morgan fingerprint density at radius 1 is 0.952 bits per heavy atom. The summed E-state index contributed by atoms with van der Waals surface area (Å²) in [5.41, 5.74) is 2.16. The van der Waals surface area contributed by atoms with Crippen LogP contribution in [0.4, 0.5) is 0 Å². The molecule has 2 aromatic rings. The highest BCUT2D eigenvalue weighted by atomic mass is 16.5. The van der Waals surface area contributed by atoms with Gasteiger partial charge in [0.25, 0.3) is 0 Å². The highest BCUT2D eigenvalue weighted by Gasteiger charge is 2.10. The Morgan fingerprint density at radius 3 is 2.33 bits per heavy atom. The average molecular weight is 287 g/mol. The molecule has 4 nitrogen and oxygen atoms in total. The number of hydrogen-bond donors (Lipinski definition) is 1. The summed E-state index contributed by atoms with van der Waals surface area (Å²) in [6.07, 6.45) is 0. The van der Waals surface area contributed by atoms with E-state index in [0.717, 1.165) is 34.9 Å². The van der Waals surface area contributed by atoms with Crippen LogP contribution in [0.3, 0.4) is 0 Å². The molecule has 0 fully saturated rings. The second-order valence-electron chi connectivity index (χ2n) is 4.62. The first-order valence-corrected chi connectivity index (χ1v) is 6.84. The SMILES string of the molecule is CNCc1cccc(OC)c1OCc1ccc(OC)cc1. The van der Waals surface area contributed by atoms with Gasteiger partial charge in [-0.2, -0.15) is 0 Å². The minimum Gasteiger partial charge on any atom is -0.497 e. The lowest BCUT2D eigenvalue weighted by Gasteiger charge is -2.15. The summed E-state index contributed by atoms with van der Waals surface area (Å²) in [6, 6.07) is 13.7. The van der Waals surface area contributed by atoms with E-state index in [0.29, 0.717) is 6.61 Å². The Labute approximate surface area is 125 Å². The van der Waals surface area contributed by atoms with Crippen LogP contribution in [0.2, 0.25) is 0 Å². The van der Waals surface area contributed by atoms with E-state index in [1.54, 1.807) is 14.2 Å². The van der Waals surface area contributed by atoms with Crippen molar-refractivity contribution in [3.63, 3.8) is 0 Å². The van der Waals surface area contributed by atoms with Gasteiger partial charge in [-0.15, -0.1) is 0 Å². The quantitative estimate of drug-likeness (QED) is 0.850. The first-order valence-electron chi connectivity index (χ1n) is 6.84. The van der Waals surface area contributed by atoms with Crippen molar-refractivity contribution in [2.75, 3.05) is 21.3 Å². The molecule has 0 amide bonds. The number of para-hydroxylation sites is 1. The molecule has 0 atom stereocenters. The fourth-order valence-corrected chi connectivity index (χ4v) is 2.09. The van der Waals surface area contributed by atoms with Gasteiger partial charge in [-0.1, -0.05) is 24.3 Å². The van der Waals surface area contributed by atoms with Crippen molar-refractivity contribution in [1.29, 1.82) is 0 Å². The van der Waals surface area contributed by atoms with Gasteiger partial charge < -0.3 is 19.5 Å². The molecule has 0 aliphatic heterocycles. The van der Waals surface area contributed by atoms with E-state index in [1.165, 1.54) is 0 Å². The molecule has 0 aliphatic carbocycles. The summed E-state index contributed by atoms with van der Waals surface area (Å²) in [4.78, 5) is 0. The number of rotatable bonds is 7. The van der Waals surface area contributed by atoms with Gasteiger partial charge in [0, 0.05) is 12.1 Å². The standard InChI is InChI=1S/C17H21NO3/c1-18-11-14-5-4-6-16(20-3)17(14)21-12-13-7-9-15(19-2)10-8-13/h4-10,18H,11-12H2,1-3H3. The predicted octanol–water partition coefficient (Wildman–Crippen LogP) is 3.00. The van der Waals surface area contributed by atoms with Crippen molar-refractivity contribution < 1.29 is 14.2 Å². The van der Waals surface area contributed by atoms with Crippen molar-refractivity contribution in [3.05, 3.63) is 53.6 Å². The molecule has 0 saturated heterocycles. The summed E-state index contributed by atoms with van der Waals surface area (Å²) in [6.45, 7) is 1.22. The van der Waals surface area contributed by atoms with E-state index in [2.05, 4.69) is 5.32 Å². The second-order valence-corrected chi connectivity index (χ2v) is 4.62. The molecular formula is C17H21NO3. The van der Waals surface area contributed by atoms with Crippen LogP contribution >= 0.6 is 0 Å². The molecule has 21 heavy (non-hydrogen) atoms. The molecule has 1 N–H and O–H groups in total. The minimum absolute atomic E-state index is 0.487. The molecule has 0 spiro atoms. The van der Waals surface area contributed by atoms with Crippen LogP contribution in [-0.4, -0.2) is 21.3 Å². The van der Waals surface area contributed by atoms with Crippen LogP contribution in [0.25, 0.3) is 0 Å². The largest absolute Gasteiger partial charge is 0.497 e. The van der Waals surface area contributed by atoms with Crippen LogP contribution < -0.4 is 19.5 Å². The van der Waals surface area contributed by atoms with Gasteiger partial charge in [0.15, 0.2) is 11.5 Å². The van der Waals surface area contributed by atoms with Crippen LogP contribution in [-0.2, 0) is 13.2 Å². The lowest BCUT2D eigenvalue weighted by molar-refractivity contribution is 0.280. The van der Waals surface area contributed by atoms with Crippen molar-refractivity contribution in [2.45, 2.75) is 13.2 Å². The van der Waals surface area contributed by atoms with E-state index in [9.17, 15) is 0 Å². The van der Waals surface area contributed by atoms with Crippen molar-refractivity contribution in [3.8, 4) is 17.2 Å². The molecule has 4 heteroatoms. The smallest absolute Gasteiger partial charge is 0.166 e. The summed E-state index contributed by atoms with van der Waals surface area (Å²) in [7, 11) is 5.22. The molecular weight excluding hydrogens is 266 g/mol. The molecule has 112 valence electrons. The maximum Gasteiger partial charge on any atom is 0.166 e. The fourth-order valence-electron chi connectivity index (χ4n) is 2.09. The molecule has 0 aliphatic rings. The lowest BCUT2D eigenvalue weighted by atomic mass is 10.1. The van der Waals surface area contributed by atoms with E-state index < -0.39 is 0 Å². The Hall–Kier alpha value is -2.20. The van der Waals surface area contributed by atoms with Crippen molar-refractivity contribution in [2.24, 2.45) is 0 Å². The molecule has 0 saturated carbocycles. The first-order chi connectivity index (χ1) is 10.3. The summed E-state index contributed by atoms with van der Waals surface area (Å²) < 4.78 is 16.5. The van der Waals surface area contributed by atoms with Gasteiger partial charge in [-0.25, -0.2) is 0 Å². The Bertz CT molecular complexity index is 567. The number of nitrogens with one attached hydrogen (secondary N) is 1. The van der Waals surface area contributed by atoms with E-state index >= 15 is 0 Å². The first kappa shape index (κ1) is 15.2. The third-order valence-corrected chi connectivity index (χ3v) is 3.19. The predicted molar refractivity (Wildman–Crippen MR) is 83.1 cm³/mol. The topological polar surface area (TPSA) is 39.7 Å². The van der Waals surface area contributed by atoms with Gasteiger partial charge >= 0.3 is 0 Å². The molecule has 0 bridgehead atoms. The molecule has 0 unspecified atom stereocenters. The Kier molecular flexibility index (Phi) is 5.46. The zero-order valence-electron chi connectivity index (χ0n) is 12.7. The van der Waals surface area contributed by atoms with E-state index in [1.807, 2.05) is 49.5 Å². The number of methoxy groups -OCH3 is 2. The lowest BCUT2D eigenvalue weighted by Crippen LogP contribution is -2.08. The number of hydrogen-bond acceptors (Lipinski definition) is 4. The number of benzene rings is 2. The monoisotopic (exact) mass is 287 g/mol. The third kappa shape index (κ3) is 3.89. The Balaban J connectivity index is 2.13. The molecule has 2 aromatic carbocycles. The maximum atomic E-state index is 5.97. The third-order valence-electron chi connectivity index (χ3n) is 3.19. The molecule has 0 heterocycles. The average Bonchev–Trinajstić information content (AvgIpc) is 2.54. The zero-order chi connectivity index (χ0) is 15.1. The second kappa shape index (κ2) is 7.55. The highest BCUT2D eigenvalue weighted by molar-refractivity contribution is 5.46. The summed E-state index contributed by atoms with van der Waals surface area (Å²) in [5.74, 6) is 2.37. The fraction of sp³-hybridized carbons (Fsp3) is 0.294. The van der Waals surface area contributed by atoms with Crippen LogP contribution in [0, 0.1) is 0 Å². The maximum absolute atomic E-state index is 5.97. The van der Waals surface area contributed by atoms with E-state index in [4.69, 9.17) is 14.2 Å². The highest BCUT2D eigenvalue weighted by Crippen LogP contribution is 2.31. The number of ether oxygens (including phenoxy) is 3. The van der Waals surface area contributed by atoms with E-state index in [-0.39, 0.29) is 0 Å². The van der Waals surface area contributed by atoms with Crippen LogP contribution in [0.5, 0.6) is 17.2 Å². The molecule has 0 radical (unpaired) electrons. The zero-order valence-corrected chi connectivity index (χ0v) is 12.7. The van der Waals surface area contributed by atoms with Crippen molar-refractivity contribution >= 4 is 0 Å². The van der Waals surface area contributed by atoms with Crippen LogP contribution in [0.15, 0.2) is 42.5 Å². The summed E-state index contributed by atoms with van der Waals surface area (Å²) >= 11 is 0. The molecule has 2 rings (SSSR count). The normalized spacial score (nSPS) is 10.2. The van der Waals surface area contributed by atoms with Crippen molar-refractivity contribution in [1.82, 2.24) is 5.32 Å². The Morgan fingerprint density at radius 2 is 1.71 bits per heavy atom. The minimum atomic E-state index is 0.487. The van der Waals surface area contributed by atoms with Gasteiger partial charge in [0.1, 0.15) is 12.4 Å².